The number of nitrogens with one attached hydrogen (secondary N) is 1. The van der Waals surface area contributed by atoms with E-state index in [2.05, 4.69) is 10.3 Å². The molecule has 1 aliphatic rings. The van der Waals surface area contributed by atoms with Gasteiger partial charge in [-0.3, -0.25) is 4.79 Å². The van der Waals surface area contributed by atoms with Gasteiger partial charge in [0, 0.05) is 29.5 Å². The summed E-state index contributed by atoms with van der Waals surface area (Å²) >= 11 is 18.4. The summed E-state index contributed by atoms with van der Waals surface area (Å²) < 4.78 is 5.46. The second kappa shape index (κ2) is 7.38. The molecule has 8 heteroatoms. The van der Waals surface area contributed by atoms with E-state index in [4.69, 9.17) is 45.3 Å². The first kappa shape index (κ1) is 18.3. The van der Waals surface area contributed by atoms with Crippen LogP contribution in [0.15, 0.2) is 30.5 Å². The summed E-state index contributed by atoms with van der Waals surface area (Å²) in [5.74, 6) is -0.123. The number of nitrogens with zero attached hydrogens (tertiary/aromatic N) is 1. The van der Waals surface area contributed by atoms with Crippen LogP contribution in [0.4, 0.5) is 5.82 Å². The molecule has 0 aliphatic carbocycles. The molecule has 1 aliphatic heterocycles. The number of carbonyl (C=O) groups is 1. The lowest BCUT2D eigenvalue weighted by atomic mass is 9.82. The number of benzene rings is 1. The monoisotopic (exact) mass is 399 g/mol. The molecule has 0 bridgehead atoms. The van der Waals surface area contributed by atoms with Gasteiger partial charge in [0.25, 0.3) is 5.91 Å². The van der Waals surface area contributed by atoms with Crippen molar-refractivity contribution in [3.8, 4) is 0 Å². The van der Waals surface area contributed by atoms with Crippen LogP contribution in [0.1, 0.15) is 28.8 Å². The van der Waals surface area contributed by atoms with E-state index in [0.29, 0.717) is 41.7 Å². The lowest BCUT2D eigenvalue weighted by Crippen LogP contribution is -2.49. The normalized spacial score (nSPS) is 16.4. The van der Waals surface area contributed by atoms with Gasteiger partial charge in [-0.25, -0.2) is 4.98 Å². The average Bonchev–Trinajstić information content (AvgIpc) is 2.58. The van der Waals surface area contributed by atoms with Crippen LogP contribution in [0.2, 0.25) is 15.1 Å². The summed E-state index contributed by atoms with van der Waals surface area (Å²) in [5.41, 5.74) is 6.09. The Labute approximate surface area is 160 Å². The Morgan fingerprint density at radius 2 is 1.88 bits per heavy atom. The maximum Gasteiger partial charge on any atom is 0.253 e. The maximum atomic E-state index is 12.8. The van der Waals surface area contributed by atoms with Crippen molar-refractivity contribution >= 4 is 46.5 Å². The van der Waals surface area contributed by atoms with Crippen molar-refractivity contribution in [1.82, 2.24) is 10.3 Å². The van der Waals surface area contributed by atoms with E-state index in [1.807, 2.05) is 6.07 Å². The summed E-state index contributed by atoms with van der Waals surface area (Å²) in [4.78, 5) is 16.7. The van der Waals surface area contributed by atoms with Crippen molar-refractivity contribution in [2.45, 2.75) is 18.4 Å². The van der Waals surface area contributed by atoms with Gasteiger partial charge in [0.2, 0.25) is 0 Å². The number of nitrogens with two attached hydrogens (primary N) is 1. The van der Waals surface area contributed by atoms with Crippen molar-refractivity contribution in [2.24, 2.45) is 0 Å². The number of amides is 1. The zero-order valence-corrected chi connectivity index (χ0v) is 15.5. The molecule has 0 atom stereocenters. The predicted molar refractivity (Wildman–Crippen MR) is 99.3 cm³/mol. The largest absolute Gasteiger partial charge is 0.382 e. The van der Waals surface area contributed by atoms with Crippen LogP contribution in [-0.2, 0) is 10.3 Å². The molecule has 3 N–H and O–H groups in total. The van der Waals surface area contributed by atoms with Crippen molar-refractivity contribution in [3.63, 3.8) is 0 Å². The Kier molecular flexibility index (Phi) is 5.39. The SMILES string of the molecule is Nc1ncc(C(=O)NC2(c3ccc(Cl)cc3Cl)CCOCC2)cc1Cl. The van der Waals surface area contributed by atoms with E-state index in [1.54, 1.807) is 12.1 Å². The Morgan fingerprint density at radius 1 is 1.16 bits per heavy atom. The molecule has 3 rings (SSSR count). The van der Waals surface area contributed by atoms with Gasteiger partial charge < -0.3 is 15.8 Å². The fourth-order valence-electron chi connectivity index (χ4n) is 2.92. The third kappa shape index (κ3) is 3.85. The van der Waals surface area contributed by atoms with Gasteiger partial charge in [-0.15, -0.1) is 0 Å². The molecule has 1 aromatic carbocycles. The van der Waals surface area contributed by atoms with Crippen LogP contribution in [0.5, 0.6) is 0 Å². The van der Waals surface area contributed by atoms with E-state index < -0.39 is 5.54 Å². The second-order valence-corrected chi connectivity index (χ2v) is 7.11. The number of rotatable bonds is 3. The van der Waals surface area contributed by atoms with Crippen molar-refractivity contribution < 1.29 is 9.53 Å². The lowest BCUT2D eigenvalue weighted by molar-refractivity contribution is 0.0346. The van der Waals surface area contributed by atoms with Crippen LogP contribution in [0.3, 0.4) is 0 Å². The highest BCUT2D eigenvalue weighted by Crippen LogP contribution is 2.38. The third-order valence-electron chi connectivity index (χ3n) is 4.28. The topological polar surface area (TPSA) is 77.2 Å². The summed E-state index contributed by atoms with van der Waals surface area (Å²) in [5, 5.41) is 4.36. The number of aromatic nitrogens is 1. The Bertz CT molecular complexity index is 808. The molecular weight excluding hydrogens is 385 g/mol. The first-order chi connectivity index (χ1) is 11.9. The smallest absolute Gasteiger partial charge is 0.253 e. The summed E-state index contributed by atoms with van der Waals surface area (Å²) in [7, 11) is 0. The molecule has 132 valence electrons. The molecule has 5 nitrogen and oxygen atoms in total. The first-order valence-corrected chi connectivity index (χ1v) is 8.81. The van der Waals surface area contributed by atoms with Crippen LogP contribution >= 0.6 is 34.8 Å². The van der Waals surface area contributed by atoms with Gasteiger partial charge in [0.15, 0.2) is 0 Å². The highest BCUT2D eigenvalue weighted by atomic mass is 35.5. The van der Waals surface area contributed by atoms with Gasteiger partial charge in [0.05, 0.1) is 16.1 Å². The fraction of sp³-hybridized carbons (Fsp3) is 0.294. The summed E-state index contributed by atoms with van der Waals surface area (Å²) in [6.07, 6.45) is 2.58. The molecule has 1 aromatic heterocycles. The van der Waals surface area contributed by atoms with E-state index in [0.717, 1.165) is 5.56 Å². The summed E-state index contributed by atoms with van der Waals surface area (Å²) in [6.45, 7) is 1.03. The van der Waals surface area contributed by atoms with Crippen LogP contribution in [0.25, 0.3) is 0 Å². The Balaban J connectivity index is 1.95. The molecule has 2 heterocycles. The molecule has 2 aromatic rings. The van der Waals surface area contributed by atoms with Gasteiger partial charge in [-0.1, -0.05) is 40.9 Å². The number of ether oxygens (including phenoxy) is 1. The number of anilines is 1. The second-order valence-electron chi connectivity index (χ2n) is 5.86. The van der Waals surface area contributed by atoms with E-state index >= 15 is 0 Å². The fourth-order valence-corrected chi connectivity index (χ4v) is 3.68. The molecule has 1 saturated heterocycles. The molecule has 0 unspecified atom stereocenters. The number of carbonyl (C=O) groups excluding carboxylic acids is 1. The van der Waals surface area contributed by atoms with Crippen molar-refractivity contribution in [3.05, 3.63) is 56.7 Å². The number of pyridine rings is 1. The number of hydrogen-bond donors (Lipinski definition) is 2. The van der Waals surface area contributed by atoms with Gasteiger partial charge in [0.1, 0.15) is 5.82 Å². The third-order valence-corrected chi connectivity index (χ3v) is 5.13. The molecule has 0 spiro atoms. The Hall–Kier alpha value is -1.53. The zero-order valence-electron chi connectivity index (χ0n) is 13.2. The van der Waals surface area contributed by atoms with E-state index in [-0.39, 0.29) is 16.7 Å². The molecule has 0 radical (unpaired) electrons. The van der Waals surface area contributed by atoms with Gasteiger partial charge in [-0.2, -0.15) is 0 Å². The molecule has 25 heavy (non-hydrogen) atoms. The molecular formula is C17H16Cl3N3O2. The van der Waals surface area contributed by atoms with Crippen molar-refractivity contribution in [2.75, 3.05) is 18.9 Å². The maximum absolute atomic E-state index is 12.8. The lowest BCUT2D eigenvalue weighted by Gasteiger charge is -2.39. The van der Waals surface area contributed by atoms with Crippen LogP contribution < -0.4 is 11.1 Å². The summed E-state index contributed by atoms with van der Waals surface area (Å²) in [6, 6.07) is 6.76. The average molecular weight is 401 g/mol. The first-order valence-electron chi connectivity index (χ1n) is 7.68. The van der Waals surface area contributed by atoms with E-state index in [1.165, 1.54) is 12.3 Å². The van der Waals surface area contributed by atoms with Gasteiger partial charge in [-0.05, 0) is 36.6 Å². The highest BCUT2D eigenvalue weighted by Gasteiger charge is 2.38. The van der Waals surface area contributed by atoms with Crippen LogP contribution in [-0.4, -0.2) is 24.1 Å². The molecule has 0 saturated carbocycles. The minimum atomic E-state index is -0.648. The Morgan fingerprint density at radius 3 is 2.52 bits per heavy atom. The standard InChI is InChI=1S/C17H16Cl3N3O2/c18-11-1-2-12(13(19)8-11)17(3-5-25-6-4-17)23-16(24)10-7-14(20)15(21)22-9-10/h1-2,7-9H,3-6H2,(H2,21,22)(H,23,24). The van der Waals surface area contributed by atoms with E-state index in [9.17, 15) is 4.79 Å². The zero-order chi connectivity index (χ0) is 18.0. The number of hydrogen-bond acceptors (Lipinski definition) is 4. The molecule has 1 fully saturated rings. The molecule has 1 amide bonds. The van der Waals surface area contributed by atoms with Crippen LogP contribution in [0, 0.1) is 0 Å². The van der Waals surface area contributed by atoms with Gasteiger partial charge >= 0.3 is 0 Å². The minimum Gasteiger partial charge on any atom is -0.382 e. The number of nitrogen functional groups attached to an aromatic ring is 1. The number of halogens is 3. The van der Waals surface area contributed by atoms with Crippen molar-refractivity contribution in [1.29, 1.82) is 0 Å². The predicted octanol–water partition coefficient (Wildman–Crippen LogP) is 4.06. The minimum absolute atomic E-state index is 0.180. The highest BCUT2D eigenvalue weighted by molar-refractivity contribution is 6.35. The quantitative estimate of drug-likeness (QED) is 0.814.